The highest BCUT2D eigenvalue weighted by Gasteiger charge is 2.30. The van der Waals surface area contributed by atoms with E-state index < -0.39 is 0 Å². The summed E-state index contributed by atoms with van der Waals surface area (Å²) < 4.78 is 7.55. The fourth-order valence-corrected chi connectivity index (χ4v) is 3.19. The highest BCUT2D eigenvalue weighted by atomic mass is 32.1. The zero-order valence-electron chi connectivity index (χ0n) is 16.4. The number of ether oxygens (including phenoxy) is 1. The normalized spacial score (nSPS) is 15.4. The van der Waals surface area contributed by atoms with Crippen molar-refractivity contribution in [2.75, 3.05) is 6.61 Å². The molecule has 1 aromatic heterocycles. The first-order valence-electron chi connectivity index (χ1n) is 9.69. The molecule has 1 aromatic carbocycles. The zero-order chi connectivity index (χ0) is 19.9. The molecule has 3 rings (SSSR count). The molecule has 0 saturated carbocycles. The van der Waals surface area contributed by atoms with Crippen LogP contribution in [-0.4, -0.2) is 32.3 Å². The summed E-state index contributed by atoms with van der Waals surface area (Å²) in [7, 11) is 0. The Kier molecular flexibility index (Phi) is 6.81. The maximum Gasteiger partial charge on any atom is 0.276 e. The van der Waals surface area contributed by atoms with Gasteiger partial charge in [-0.2, -0.15) is 5.10 Å². The second kappa shape index (κ2) is 9.50. The maximum atomic E-state index is 12.7. The van der Waals surface area contributed by atoms with Crippen LogP contribution in [0, 0.1) is 0 Å². The molecule has 0 aliphatic carbocycles. The Balaban J connectivity index is 1.62. The number of amides is 1. The molecular formula is C21H26N4O2S. The third kappa shape index (κ3) is 4.98. The molecular weight excluding hydrogens is 372 g/mol. The van der Waals surface area contributed by atoms with E-state index in [1.165, 1.54) is 12.8 Å². The lowest BCUT2D eigenvalue weighted by atomic mass is 10.2. The Hall–Kier alpha value is -2.67. The molecule has 1 saturated heterocycles. The van der Waals surface area contributed by atoms with E-state index in [0.717, 1.165) is 36.4 Å². The number of nitrogens with zero attached hydrogens (tertiary/aromatic N) is 3. The van der Waals surface area contributed by atoms with Crippen LogP contribution in [0.4, 0.5) is 0 Å². The minimum atomic E-state index is -0.130. The minimum Gasteiger partial charge on any atom is -0.494 e. The number of hydrogen-bond donors (Lipinski definition) is 1. The molecule has 2 aromatic rings. The number of rotatable bonds is 9. The predicted molar refractivity (Wildman–Crippen MR) is 114 cm³/mol. The van der Waals surface area contributed by atoms with E-state index in [1.54, 1.807) is 11.1 Å². The van der Waals surface area contributed by atoms with Gasteiger partial charge in [0.05, 0.1) is 19.3 Å². The van der Waals surface area contributed by atoms with Crippen LogP contribution in [0.3, 0.4) is 0 Å². The fourth-order valence-electron chi connectivity index (χ4n) is 2.93. The van der Waals surface area contributed by atoms with Crippen molar-refractivity contribution in [2.45, 2.75) is 46.2 Å². The van der Waals surface area contributed by atoms with Crippen LogP contribution in [0.1, 0.15) is 44.2 Å². The topological polar surface area (TPSA) is 59.4 Å². The highest BCUT2D eigenvalue weighted by Crippen LogP contribution is 2.19. The van der Waals surface area contributed by atoms with Crippen LogP contribution in [-0.2, 0) is 17.9 Å². The van der Waals surface area contributed by atoms with Gasteiger partial charge in [-0.15, -0.1) is 0 Å². The van der Waals surface area contributed by atoms with Gasteiger partial charge in [0, 0.05) is 18.3 Å². The van der Waals surface area contributed by atoms with Crippen LogP contribution in [0.5, 0.6) is 5.75 Å². The first-order valence-corrected chi connectivity index (χ1v) is 10.1. The van der Waals surface area contributed by atoms with E-state index in [-0.39, 0.29) is 5.91 Å². The SMILES string of the molecule is CCCCCOc1ccc(/C=C2/NC(=S)N(Cc3cnn(CC)c3)C2=O)cc1. The molecule has 0 radical (unpaired) electrons. The molecule has 1 aliphatic heterocycles. The summed E-state index contributed by atoms with van der Waals surface area (Å²) in [6.07, 6.45) is 8.91. The fraction of sp³-hybridized carbons (Fsp3) is 0.381. The number of hydrogen-bond acceptors (Lipinski definition) is 4. The Morgan fingerprint density at radius 1 is 1.21 bits per heavy atom. The molecule has 2 heterocycles. The molecule has 0 bridgehead atoms. The Bertz CT molecular complexity index is 858. The molecule has 0 unspecified atom stereocenters. The molecule has 0 spiro atoms. The quantitative estimate of drug-likeness (QED) is 0.396. The van der Waals surface area contributed by atoms with Gasteiger partial charge in [-0.05, 0) is 49.3 Å². The number of thiocarbonyl (C=S) groups is 1. The average Bonchev–Trinajstić information content (AvgIpc) is 3.26. The highest BCUT2D eigenvalue weighted by molar-refractivity contribution is 7.80. The van der Waals surface area contributed by atoms with Gasteiger partial charge in [-0.25, -0.2) is 0 Å². The summed E-state index contributed by atoms with van der Waals surface area (Å²) >= 11 is 5.34. The van der Waals surface area contributed by atoms with Crippen LogP contribution >= 0.6 is 12.2 Å². The average molecular weight is 399 g/mol. The van der Waals surface area contributed by atoms with Gasteiger partial charge in [0.2, 0.25) is 0 Å². The number of benzene rings is 1. The molecule has 1 aliphatic rings. The molecule has 148 valence electrons. The number of unbranched alkanes of at least 4 members (excludes halogenated alkanes) is 2. The lowest BCUT2D eigenvalue weighted by Gasteiger charge is -2.12. The smallest absolute Gasteiger partial charge is 0.276 e. The molecule has 0 atom stereocenters. The minimum absolute atomic E-state index is 0.130. The molecule has 1 fully saturated rings. The number of aromatic nitrogens is 2. The van der Waals surface area contributed by atoms with Crippen LogP contribution in [0.15, 0.2) is 42.4 Å². The third-order valence-corrected chi connectivity index (χ3v) is 4.84. The standard InChI is InChI=1S/C21H26N4O2S/c1-3-5-6-11-27-18-9-7-16(8-10-18)12-19-20(26)25(21(28)23-19)15-17-13-22-24(4-2)14-17/h7-10,12-14H,3-6,11,15H2,1-2H3,(H,23,28)/b19-12+. The van der Waals surface area contributed by atoms with Crippen molar-refractivity contribution < 1.29 is 9.53 Å². The van der Waals surface area contributed by atoms with Crippen molar-refractivity contribution in [1.82, 2.24) is 20.0 Å². The third-order valence-electron chi connectivity index (χ3n) is 4.52. The summed E-state index contributed by atoms with van der Waals surface area (Å²) in [6, 6.07) is 7.72. The Labute approximate surface area is 171 Å². The summed E-state index contributed by atoms with van der Waals surface area (Å²) in [5, 5.41) is 7.67. The van der Waals surface area contributed by atoms with Crippen molar-refractivity contribution in [2.24, 2.45) is 0 Å². The maximum absolute atomic E-state index is 12.7. The van der Waals surface area contributed by atoms with Crippen molar-refractivity contribution in [3.63, 3.8) is 0 Å². The first kappa shape index (κ1) is 20.1. The second-order valence-electron chi connectivity index (χ2n) is 6.71. The number of aryl methyl sites for hydroxylation is 1. The van der Waals surface area contributed by atoms with Gasteiger partial charge in [0.25, 0.3) is 5.91 Å². The Morgan fingerprint density at radius 3 is 2.68 bits per heavy atom. The number of nitrogens with one attached hydrogen (secondary N) is 1. The van der Waals surface area contributed by atoms with Crippen LogP contribution in [0.25, 0.3) is 6.08 Å². The van der Waals surface area contributed by atoms with E-state index in [2.05, 4.69) is 17.3 Å². The van der Waals surface area contributed by atoms with E-state index >= 15 is 0 Å². The zero-order valence-corrected chi connectivity index (χ0v) is 17.2. The molecule has 6 nitrogen and oxygen atoms in total. The number of carbonyl (C=O) groups excluding carboxylic acids is 1. The molecule has 1 amide bonds. The summed E-state index contributed by atoms with van der Waals surface area (Å²) in [5.74, 6) is 0.711. The molecule has 1 N–H and O–H groups in total. The lowest BCUT2D eigenvalue weighted by Crippen LogP contribution is -2.29. The second-order valence-corrected chi connectivity index (χ2v) is 7.10. The van der Waals surface area contributed by atoms with Crippen LogP contribution < -0.4 is 10.1 Å². The van der Waals surface area contributed by atoms with E-state index in [1.807, 2.05) is 48.1 Å². The van der Waals surface area contributed by atoms with Gasteiger partial charge in [0.15, 0.2) is 5.11 Å². The largest absolute Gasteiger partial charge is 0.494 e. The first-order chi connectivity index (χ1) is 13.6. The van der Waals surface area contributed by atoms with Gasteiger partial charge >= 0.3 is 0 Å². The Morgan fingerprint density at radius 2 is 2.00 bits per heavy atom. The van der Waals surface area contributed by atoms with Gasteiger partial charge in [-0.1, -0.05) is 31.9 Å². The molecule has 7 heteroatoms. The number of carbonyl (C=O) groups is 1. The summed E-state index contributed by atoms with van der Waals surface area (Å²) in [6.45, 7) is 6.12. The van der Waals surface area contributed by atoms with Gasteiger partial charge in [0.1, 0.15) is 11.4 Å². The van der Waals surface area contributed by atoms with E-state index in [0.29, 0.717) is 17.4 Å². The van der Waals surface area contributed by atoms with Crippen molar-refractivity contribution in [3.8, 4) is 5.75 Å². The predicted octanol–water partition coefficient (Wildman–Crippen LogP) is 3.73. The lowest BCUT2D eigenvalue weighted by molar-refractivity contribution is -0.122. The van der Waals surface area contributed by atoms with Crippen molar-refractivity contribution >= 4 is 29.3 Å². The van der Waals surface area contributed by atoms with Gasteiger partial charge < -0.3 is 10.1 Å². The van der Waals surface area contributed by atoms with Crippen molar-refractivity contribution in [3.05, 3.63) is 53.5 Å². The van der Waals surface area contributed by atoms with Gasteiger partial charge in [-0.3, -0.25) is 14.4 Å². The molecule has 28 heavy (non-hydrogen) atoms. The van der Waals surface area contributed by atoms with E-state index in [4.69, 9.17) is 17.0 Å². The van der Waals surface area contributed by atoms with Crippen molar-refractivity contribution in [1.29, 1.82) is 0 Å². The van der Waals surface area contributed by atoms with E-state index in [9.17, 15) is 4.79 Å². The summed E-state index contributed by atoms with van der Waals surface area (Å²) in [5.41, 5.74) is 2.34. The summed E-state index contributed by atoms with van der Waals surface area (Å²) in [4.78, 5) is 14.3. The van der Waals surface area contributed by atoms with Crippen LogP contribution in [0.2, 0.25) is 0 Å². The monoisotopic (exact) mass is 398 g/mol.